The molecule has 106 valence electrons. The number of hydrogen-bond acceptors (Lipinski definition) is 4. The number of amides is 1. The largest absolute Gasteiger partial charge is 0.444 e. The quantitative estimate of drug-likeness (QED) is 0.579. The van der Waals surface area contributed by atoms with E-state index in [1.165, 1.54) is 12.1 Å². The smallest absolute Gasteiger partial charge is 0.407 e. The zero-order valence-electron chi connectivity index (χ0n) is 11.4. The van der Waals surface area contributed by atoms with Crippen LogP contribution in [0, 0.1) is 5.82 Å². The maximum absolute atomic E-state index is 13.0. The molecule has 0 spiro atoms. The summed E-state index contributed by atoms with van der Waals surface area (Å²) in [5.74, 6) is -0.400. The molecule has 0 fully saturated rings. The van der Waals surface area contributed by atoms with Gasteiger partial charge in [0.05, 0.1) is 0 Å². The van der Waals surface area contributed by atoms with Crippen molar-refractivity contribution in [1.82, 2.24) is 5.32 Å². The van der Waals surface area contributed by atoms with Gasteiger partial charge in [0.25, 0.3) is 0 Å². The summed E-state index contributed by atoms with van der Waals surface area (Å²) in [6.45, 7) is 6.19. The van der Waals surface area contributed by atoms with E-state index >= 15 is 0 Å². The molecule has 0 saturated carbocycles. The van der Waals surface area contributed by atoms with Crippen molar-refractivity contribution in [3.63, 3.8) is 0 Å². The Hall–Kier alpha value is -1.98. The highest BCUT2D eigenvalue weighted by Gasteiger charge is 2.15. The first kappa shape index (κ1) is 15.1. The molecule has 0 heterocycles. The van der Waals surface area contributed by atoms with Gasteiger partial charge in [-0.1, -0.05) is 0 Å². The molecule has 0 unspecified atom stereocenters. The molecule has 5 nitrogen and oxygen atoms in total. The minimum Gasteiger partial charge on any atom is -0.444 e. The first-order valence-electron chi connectivity index (χ1n) is 6.03. The monoisotopic (exact) mass is 269 g/mol. The van der Waals surface area contributed by atoms with Gasteiger partial charge in [0.15, 0.2) is 0 Å². The standard InChI is InChI=1S/C13H20FN3O2/c1-13(2,3)19-12(18)17-5-4-16-11-7-9(14)6-10(15)8-11/h6-8,16H,4-5,15H2,1-3H3,(H,17,18). The van der Waals surface area contributed by atoms with Crippen LogP contribution in [0.5, 0.6) is 0 Å². The van der Waals surface area contributed by atoms with Gasteiger partial charge in [0.2, 0.25) is 0 Å². The Labute approximate surface area is 112 Å². The molecule has 0 atom stereocenters. The van der Waals surface area contributed by atoms with Gasteiger partial charge < -0.3 is 21.1 Å². The van der Waals surface area contributed by atoms with Crippen LogP contribution in [0.15, 0.2) is 18.2 Å². The molecule has 1 aromatic rings. The number of nitrogens with one attached hydrogen (secondary N) is 2. The topological polar surface area (TPSA) is 76.4 Å². The SMILES string of the molecule is CC(C)(C)OC(=O)NCCNc1cc(N)cc(F)c1. The summed E-state index contributed by atoms with van der Waals surface area (Å²) in [5.41, 5.74) is 5.91. The van der Waals surface area contributed by atoms with Gasteiger partial charge in [-0.15, -0.1) is 0 Å². The summed E-state index contributed by atoms with van der Waals surface area (Å²) >= 11 is 0. The Morgan fingerprint density at radius 1 is 1.32 bits per heavy atom. The van der Waals surface area contributed by atoms with Gasteiger partial charge >= 0.3 is 6.09 Å². The molecule has 6 heteroatoms. The molecule has 1 amide bonds. The van der Waals surface area contributed by atoms with E-state index < -0.39 is 17.5 Å². The average Bonchev–Trinajstić information content (AvgIpc) is 2.20. The van der Waals surface area contributed by atoms with Crippen LogP contribution in [0.3, 0.4) is 0 Å². The van der Waals surface area contributed by atoms with Crippen LogP contribution in [0.1, 0.15) is 20.8 Å². The normalized spacial score (nSPS) is 10.9. The first-order valence-corrected chi connectivity index (χ1v) is 6.03. The molecule has 1 aromatic carbocycles. The molecule has 19 heavy (non-hydrogen) atoms. The van der Waals surface area contributed by atoms with Crippen LogP contribution < -0.4 is 16.4 Å². The van der Waals surface area contributed by atoms with Crippen LogP contribution in [0.4, 0.5) is 20.6 Å². The van der Waals surface area contributed by atoms with Crippen molar-refractivity contribution in [2.45, 2.75) is 26.4 Å². The van der Waals surface area contributed by atoms with Gasteiger partial charge in [-0.3, -0.25) is 0 Å². The van der Waals surface area contributed by atoms with Crippen LogP contribution in [-0.4, -0.2) is 24.8 Å². The van der Waals surface area contributed by atoms with Crippen molar-refractivity contribution in [3.8, 4) is 0 Å². The highest BCUT2D eigenvalue weighted by molar-refractivity contribution is 5.67. The summed E-state index contributed by atoms with van der Waals surface area (Å²) in [5, 5.41) is 5.54. The molecule has 0 bridgehead atoms. The van der Waals surface area contributed by atoms with E-state index in [2.05, 4.69) is 10.6 Å². The third-order valence-corrected chi connectivity index (χ3v) is 2.04. The Morgan fingerprint density at radius 3 is 2.58 bits per heavy atom. The Kier molecular flexibility index (Phi) is 4.97. The van der Waals surface area contributed by atoms with Crippen LogP contribution in [0.25, 0.3) is 0 Å². The number of carbonyl (C=O) groups excluding carboxylic acids is 1. The fraction of sp³-hybridized carbons (Fsp3) is 0.462. The number of halogens is 1. The minimum absolute atomic E-state index is 0.350. The lowest BCUT2D eigenvalue weighted by Gasteiger charge is -2.19. The molecule has 0 aliphatic heterocycles. The van der Waals surface area contributed by atoms with Crippen molar-refractivity contribution in [2.75, 3.05) is 24.1 Å². The van der Waals surface area contributed by atoms with E-state index in [1.54, 1.807) is 26.8 Å². The van der Waals surface area contributed by atoms with E-state index in [0.29, 0.717) is 24.5 Å². The Bertz CT molecular complexity index is 424. The molecule has 4 N–H and O–H groups in total. The lowest BCUT2D eigenvalue weighted by molar-refractivity contribution is 0.0530. The predicted molar refractivity (Wildman–Crippen MR) is 73.5 cm³/mol. The second-order valence-corrected chi connectivity index (χ2v) is 5.13. The molecular weight excluding hydrogens is 249 g/mol. The highest BCUT2D eigenvalue weighted by Crippen LogP contribution is 2.14. The van der Waals surface area contributed by atoms with Gasteiger partial charge in [-0.2, -0.15) is 0 Å². The summed E-state index contributed by atoms with van der Waals surface area (Å²) in [6, 6.07) is 4.20. The number of ether oxygens (including phenoxy) is 1. The van der Waals surface area contributed by atoms with Crippen molar-refractivity contribution >= 4 is 17.5 Å². The number of alkyl carbamates (subject to hydrolysis) is 1. The maximum Gasteiger partial charge on any atom is 0.407 e. The number of carbonyl (C=O) groups is 1. The number of hydrogen-bond donors (Lipinski definition) is 3. The van der Waals surface area contributed by atoms with Gasteiger partial charge in [0.1, 0.15) is 11.4 Å². The average molecular weight is 269 g/mol. The van der Waals surface area contributed by atoms with Crippen LogP contribution in [-0.2, 0) is 4.74 Å². The number of nitrogens with two attached hydrogens (primary N) is 1. The summed E-state index contributed by atoms with van der Waals surface area (Å²) in [4.78, 5) is 11.3. The second-order valence-electron chi connectivity index (χ2n) is 5.13. The molecule has 0 saturated heterocycles. The lowest BCUT2D eigenvalue weighted by Crippen LogP contribution is -2.35. The van der Waals surface area contributed by atoms with Crippen molar-refractivity contribution in [1.29, 1.82) is 0 Å². The first-order chi connectivity index (χ1) is 8.76. The maximum atomic E-state index is 13.0. The third kappa shape index (κ3) is 6.49. The van der Waals surface area contributed by atoms with E-state index in [4.69, 9.17) is 10.5 Å². The molecular formula is C13H20FN3O2. The van der Waals surface area contributed by atoms with Crippen LogP contribution >= 0.6 is 0 Å². The number of nitrogen functional groups attached to an aromatic ring is 1. The van der Waals surface area contributed by atoms with E-state index in [0.717, 1.165) is 0 Å². The molecule has 1 rings (SSSR count). The summed E-state index contributed by atoms with van der Waals surface area (Å²) in [6.07, 6.45) is -0.479. The highest BCUT2D eigenvalue weighted by atomic mass is 19.1. The van der Waals surface area contributed by atoms with Crippen molar-refractivity contribution in [2.24, 2.45) is 0 Å². The lowest BCUT2D eigenvalue weighted by atomic mass is 10.2. The van der Waals surface area contributed by atoms with Gasteiger partial charge in [-0.05, 0) is 39.0 Å². The van der Waals surface area contributed by atoms with Crippen molar-refractivity contribution in [3.05, 3.63) is 24.0 Å². The Morgan fingerprint density at radius 2 is 2.00 bits per heavy atom. The molecule has 0 radical (unpaired) electrons. The molecule has 0 aromatic heterocycles. The fourth-order valence-corrected chi connectivity index (χ4v) is 1.40. The van der Waals surface area contributed by atoms with Gasteiger partial charge in [0, 0.05) is 24.5 Å². The molecule has 0 aliphatic carbocycles. The fourth-order valence-electron chi connectivity index (χ4n) is 1.40. The zero-order chi connectivity index (χ0) is 14.5. The second kappa shape index (κ2) is 6.26. The van der Waals surface area contributed by atoms with E-state index in [1.807, 2.05) is 0 Å². The van der Waals surface area contributed by atoms with Crippen LogP contribution in [0.2, 0.25) is 0 Å². The zero-order valence-corrected chi connectivity index (χ0v) is 11.4. The van der Waals surface area contributed by atoms with Crippen molar-refractivity contribution < 1.29 is 13.9 Å². The van der Waals surface area contributed by atoms with E-state index in [9.17, 15) is 9.18 Å². The number of rotatable bonds is 4. The summed E-state index contributed by atoms with van der Waals surface area (Å²) in [7, 11) is 0. The Balaban J connectivity index is 2.29. The number of anilines is 2. The summed E-state index contributed by atoms with van der Waals surface area (Å²) < 4.78 is 18.1. The molecule has 0 aliphatic rings. The van der Waals surface area contributed by atoms with Gasteiger partial charge in [-0.25, -0.2) is 9.18 Å². The minimum atomic E-state index is -0.519. The third-order valence-electron chi connectivity index (χ3n) is 2.04. The number of benzene rings is 1. The predicted octanol–water partition coefficient (Wildman–Crippen LogP) is 2.34. The van der Waals surface area contributed by atoms with E-state index in [-0.39, 0.29) is 0 Å².